The Balaban J connectivity index is 1.65. The van der Waals surface area contributed by atoms with Gasteiger partial charge in [0.2, 0.25) is 0 Å². The number of rotatable bonds is 8. The summed E-state index contributed by atoms with van der Waals surface area (Å²) in [7, 11) is 3.30. The van der Waals surface area contributed by atoms with Gasteiger partial charge in [-0.15, -0.1) is 0 Å². The van der Waals surface area contributed by atoms with Crippen LogP contribution in [0.1, 0.15) is 18.1 Å². The molecule has 1 aromatic heterocycles. The van der Waals surface area contributed by atoms with Crippen LogP contribution in [0, 0.1) is 0 Å². The minimum Gasteiger partial charge on any atom is -0.497 e. The lowest BCUT2D eigenvalue weighted by Gasteiger charge is -2.13. The number of nitrogens with one attached hydrogen (secondary N) is 2. The van der Waals surface area contributed by atoms with Crippen molar-refractivity contribution in [1.82, 2.24) is 15.6 Å². The number of fused-ring (bicyclic) bond motifs is 1. The average Bonchev–Trinajstić information content (AvgIpc) is 2.77. The molecule has 0 saturated carbocycles. The second-order valence-corrected chi connectivity index (χ2v) is 6.54. The van der Waals surface area contributed by atoms with Gasteiger partial charge in [0.15, 0.2) is 5.96 Å². The zero-order valence-electron chi connectivity index (χ0n) is 17.2. The molecule has 3 rings (SSSR count). The van der Waals surface area contributed by atoms with Gasteiger partial charge in [0.05, 0.1) is 26.3 Å². The zero-order chi connectivity index (χ0) is 20.5. The number of nitrogens with zero attached hydrogens (tertiary/aromatic N) is 2. The van der Waals surface area contributed by atoms with Gasteiger partial charge in [0.1, 0.15) is 11.5 Å². The standard InChI is InChI=1S/C23H28N4O2/c1-4-24-23(27-16-19-10-11-20(28-2)15-21(19)29-3)26-14-12-18-8-5-7-17-9-6-13-25-22(17)18/h5-11,13,15H,4,12,14,16H2,1-3H3,(H2,24,26,27). The van der Waals surface area contributed by atoms with Crippen LogP contribution in [-0.2, 0) is 13.0 Å². The molecule has 1 heterocycles. The lowest BCUT2D eigenvalue weighted by Crippen LogP contribution is -2.38. The number of methoxy groups -OCH3 is 2. The van der Waals surface area contributed by atoms with E-state index in [1.807, 2.05) is 30.5 Å². The summed E-state index contributed by atoms with van der Waals surface area (Å²) in [6.45, 7) is 4.13. The largest absolute Gasteiger partial charge is 0.497 e. The van der Waals surface area contributed by atoms with E-state index in [-0.39, 0.29) is 0 Å². The highest BCUT2D eigenvalue weighted by Gasteiger charge is 2.06. The van der Waals surface area contributed by atoms with Gasteiger partial charge in [-0.2, -0.15) is 0 Å². The summed E-state index contributed by atoms with van der Waals surface area (Å²) in [5.74, 6) is 2.31. The molecule has 0 radical (unpaired) electrons. The van der Waals surface area contributed by atoms with E-state index in [1.54, 1.807) is 14.2 Å². The molecule has 0 fully saturated rings. The van der Waals surface area contributed by atoms with Crippen molar-refractivity contribution in [3.63, 3.8) is 0 Å². The third kappa shape index (κ3) is 5.38. The van der Waals surface area contributed by atoms with Gasteiger partial charge in [-0.05, 0) is 37.1 Å². The summed E-state index contributed by atoms with van der Waals surface area (Å²) in [5.41, 5.74) is 3.29. The summed E-state index contributed by atoms with van der Waals surface area (Å²) in [4.78, 5) is 9.23. The Hall–Kier alpha value is -3.28. The predicted molar refractivity (Wildman–Crippen MR) is 118 cm³/mol. The average molecular weight is 393 g/mol. The predicted octanol–water partition coefficient (Wildman–Crippen LogP) is 3.55. The van der Waals surface area contributed by atoms with E-state index in [0.717, 1.165) is 53.4 Å². The van der Waals surface area contributed by atoms with Crippen LogP contribution in [0.25, 0.3) is 10.9 Å². The Bertz CT molecular complexity index is 967. The van der Waals surface area contributed by atoms with Crippen molar-refractivity contribution in [2.45, 2.75) is 19.9 Å². The molecular formula is C23H28N4O2. The molecule has 0 aliphatic carbocycles. The number of benzene rings is 2. The SMILES string of the molecule is CCNC(=NCc1ccc(OC)cc1OC)NCCc1cccc2cccnc12. The molecule has 2 aromatic carbocycles. The molecule has 0 spiro atoms. The molecule has 29 heavy (non-hydrogen) atoms. The van der Waals surface area contributed by atoms with Crippen LogP contribution >= 0.6 is 0 Å². The molecular weight excluding hydrogens is 364 g/mol. The molecule has 3 aromatic rings. The number of pyridine rings is 1. The summed E-state index contributed by atoms with van der Waals surface area (Å²) < 4.78 is 10.7. The topological polar surface area (TPSA) is 67.8 Å². The van der Waals surface area contributed by atoms with Crippen molar-refractivity contribution in [1.29, 1.82) is 0 Å². The van der Waals surface area contributed by atoms with Gasteiger partial charge in [-0.3, -0.25) is 4.98 Å². The van der Waals surface area contributed by atoms with Gasteiger partial charge in [0.25, 0.3) is 0 Å². The fraction of sp³-hybridized carbons (Fsp3) is 0.304. The van der Waals surface area contributed by atoms with Crippen LogP contribution in [0.15, 0.2) is 59.7 Å². The molecule has 0 amide bonds. The van der Waals surface area contributed by atoms with E-state index in [0.29, 0.717) is 6.54 Å². The zero-order valence-corrected chi connectivity index (χ0v) is 17.2. The van der Waals surface area contributed by atoms with Crippen LogP contribution in [0.5, 0.6) is 11.5 Å². The Morgan fingerprint density at radius 1 is 1.00 bits per heavy atom. The first-order chi connectivity index (χ1) is 14.2. The fourth-order valence-corrected chi connectivity index (χ4v) is 3.17. The highest BCUT2D eigenvalue weighted by atomic mass is 16.5. The second kappa shape index (κ2) is 10.3. The normalized spacial score (nSPS) is 11.3. The number of aromatic nitrogens is 1. The summed E-state index contributed by atoms with van der Waals surface area (Å²) in [6, 6.07) is 16.1. The molecule has 6 heteroatoms. The van der Waals surface area contributed by atoms with Gasteiger partial charge in [0, 0.05) is 36.3 Å². The lowest BCUT2D eigenvalue weighted by atomic mass is 10.1. The van der Waals surface area contributed by atoms with Crippen molar-refractivity contribution in [3.05, 3.63) is 65.9 Å². The molecule has 0 bridgehead atoms. The van der Waals surface area contributed by atoms with E-state index < -0.39 is 0 Å². The number of aliphatic imine (C=N–C) groups is 1. The number of para-hydroxylation sites is 1. The van der Waals surface area contributed by atoms with E-state index in [9.17, 15) is 0 Å². The van der Waals surface area contributed by atoms with Crippen LogP contribution in [-0.4, -0.2) is 38.3 Å². The monoisotopic (exact) mass is 392 g/mol. The van der Waals surface area contributed by atoms with Crippen molar-refractivity contribution in [2.24, 2.45) is 4.99 Å². The maximum atomic E-state index is 5.46. The van der Waals surface area contributed by atoms with Crippen LogP contribution in [0.2, 0.25) is 0 Å². The minimum absolute atomic E-state index is 0.512. The maximum Gasteiger partial charge on any atom is 0.191 e. The van der Waals surface area contributed by atoms with Gasteiger partial charge in [-0.1, -0.05) is 24.3 Å². The van der Waals surface area contributed by atoms with Gasteiger partial charge >= 0.3 is 0 Å². The molecule has 0 saturated heterocycles. The first kappa shape index (κ1) is 20.5. The first-order valence-corrected chi connectivity index (χ1v) is 9.81. The number of hydrogen-bond donors (Lipinski definition) is 2. The van der Waals surface area contributed by atoms with Crippen molar-refractivity contribution in [2.75, 3.05) is 27.3 Å². The fourth-order valence-electron chi connectivity index (χ4n) is 3.17. The smallest absolute Gasteiger partial charge is 0.191 e. The Morgan fingerprint density at radius 2 is 1.86 bits per heavy atom. The summed E-state index contributed by atoms with van der Waals surface area (Å²) in [5, 5.41) is 7.87. The van der Waals surface area contributed by atoms with Crippen molar-refractivity contribution in [3.8, 4) is 11.5 Å². The van der Waals surface area contributed by atoms with E-state index in [4.69, 9.17) is 14.5 Å². The molecule has 0 atom stereocenters. The molecule has 0 aliphatic rings. The van der Waals surface area contributed by atoms with Crippen molar-refractivity contribution >= 4 is 16.9 Å². The van der Waals surface area contributed by atoms with Gasteiger partial charge in [-0.25, -0.2) is 4.99 Å². The summed E-state index contributed by atoms with van der Waals surface area (Å²) >= 11 is 0. The third-order valence-electron chi connectivity index (χ3n) is 4.65. The molecule has 0 unspecified atom stereocenters. The quantitative estimate of drug-likeness (QED) is 0.453. The molecule has 0 aliphatic heterocycles. The highest BCUT2D eigenvalue weighted by molar-refractivity contribution is 5.82. The van der Waals surface area contributed by atoms with Crippen LogP contribution in [0.3, 0.4) is 0 Å². The maximum absolute atomic E-state index is 5.46. The minimum atomic E-state index is 0.512. The second-order valence-electron chi connectivity index (χ2n) is 6.54. The van der Waals surface area contributed by atoms with E-state index in [2.05, 4.69) is 46.8 Å². The Morgan fingerprint density at radius 3 is 2.66 bits per heavy atom. The van der Waals surface area contributed by atoms with Crippen LogP contribution in [0.4, 0.5) is 0 Å². The molecule has 6 nitrogen and oxygen atoms in total. The third-order valence-corrected chi connectivity index (χ3v) is 4.65. The Labute approximate surface area is 172 Å². The van der Waals surface area contributed by atoms with Gasteiger partial charge < -0.3 is 20.1 Å². The number of ether oxygens (including phenoxy) is 2. The number of guanidine groups is 1. The first-order valence-electron chi connectivity index (χ1n) is 9.81. The summed E-state index contributed by atoms with van der Waals surface area (Å²) in [6.07, 6.45) is 2.71. The van der Waals surface area contributed by atoms with Crippen molar-refractivity contribution < 1.29 is 9.47 Å². The molecule has 2 N–H and O–H groups in total. The molecule has 152 valence electrons. The number of hydrogen-bond acceptors (Lipinski definition) is 4. The van der Waals surface area contributed by atoms with Crippen LogP contribution < -0.4 is 20.1 Å². The lowest BCUT2D eigenvalue weighted by molar-refractivity contribution is 0.391. The highest BCUT2D eigenvalue weighted by Crippen LogP contribution is 2.25. The Kier molecular flexibility index (Phi) is 7.28. The van der Waals surface area contributed by atoms with E-state index in [1.165, 1.54) is 5.56 Å². The van der Waals surface area contributed by atoms with E-state index >= 15 is 0 Å².